The van der Waals surface area contributed by atoms with Gasteiger partial charge in [-0.2, -0.15) is 0 Å². The van der Waals surface area contributed by atoms with E-state index in [1.165, 1.54) is 0 Å². The molecule has 1 heterocycles. The van der Waals surface area contributed by atoms with Crippen LogP contribution in [0.3, 0.4) is 0 Å². The number of hydrogen-bond acceptors (Lipinski definition) is 4. The van der Waals surface area contributed by atoms with E-state index < -0.39 is 11.6 Å². The van der Waals surface area contributed by atoms with Gasteiger partial charge in [0.25, 0.3) is 0 Å². The number of aromatic nitrogens is 2. The first-order chi connectivity index (χ1) is 7.15. The maximum absolute atomic E-state index is 13.2. The summed E-state index contributed by atoms with van der Waals surface area (Å²) in [4.78, 5) is 0. The number of halogens is 2. The Morgan fingerprint density at radius 3 is 2.73 bits per heavy atom. The lowest BCUT2D eigenvalue weighted by Gasteiger charge is -1.99. The Bertz CT molecular complexity index is 484. The van der Waals surface area contributed by atoms with Crippen molar-refractivity contribution in [3.63, 3.8) is 0 Å². The number of nitrogens with two attached hydrogens (primary N) is 1. The molecule has 0 aliphatic carbocycles. The molecule has 0 aliphatic rings. The Labute approximate surface area is 88.6 Å². The maximum Gasteiger partial charge on any atom is 0.203 e. The predicted molar refractivity (Wildman–Crippen MR) is 53.5 cm³/mol. The van der Waals surface area contributed by atoms with Gasteiger partial charge in [0.15, 0.2) is 0 Å². The molecule has 78 valence electrons. The second kappa shape index (κ2) is 3.90. The molecule has 0 saturated heterocycles. The van der Waals surface area contributed by atoms with Crippen molar-refractivity contribution < 1.29 is 8.78 Å². The Kier molecular flexibility index (Phi) is 2.59. The van der Waals surface area contributed by atoms with E-state index in [2.05, 4.69) is 10.2 Å². The summed E-state index contributed by atoms with van der Waals surface area (Å²) in [6.07, 6.45) is 0.207. The molecule has 1 aromatic heterocycles. The highest BCUT2D eigenvalue weighted by atomic mass is 32.1. The largest absolute Gasteiger partial charge is 0.374 e. The van der Waals surface area contributed by atoms with Crippen molar-refractivity contribution in [1.29, 1.82) is 0 Å². The van der Waals surface area contributed by atoms with Crippen LogP contribution in [0.2, 0.25) is 0 Å². The van der Waals surface area contributed by atoms with Gasteiger partial charge in [-0.3, -0.25) is 0 Å². The van der Waals surface area contributed by atoms with Gasteiger partial charge in [-0.05, 0) is 23.8 Å². The molecular formula is C9H7F2N3S. The fourth-order valence-corrected chi connectivity index (χ4v) is 1.81. The third-order valence-corrected chi connectivity index (χ3v) is 2.58. The van der Waals surface area contributed by atoms with Crippen LogP contribution in [0, 0.1) is 11.6 Å². The highest BCUT2D eigenvalue weighted by Crippen LogP contribution is 2.18. The lowest BCUT2D eigenvalue weighted by atomic mass is 10.1. The second-order valence-corrected chi connectivity index (χ2v) is 4.04. The van der Waals surface area contributed by atoms with Crippen molar-refractivity contribution in [2.75, 3.05) is 5.73 Å². The van der Waals surface area contributed by atoms with Gasteiger partial charge in [-0.1, -0.05) is 11.3 Å². The molecule has 1 aromatic carbocycles. The zero-order chi connectivity index (χ0) is 10.8. The molecule has 0 atom stereocenters. The molecule has 15 heavy (non-hydrogen) atoms. The SMILES string of the molecule is Nc1nnc(Cc2cc(F)ccc2F)s1. The number of benzene rings is 1. The van der Waals surface area contributed by atoms with Gasteiger partial charge in [0, 0.05) is 6.42 Å². The second-order valence-electron chi connectivity index (χ2n) is 2.95. The van der Waals surface area contributed by atoms with Crippen molar-refractivity contribution in [2.45, 2.75) is 6.42 Å². The zero-order valence-electron chi connectivity index (χ0n) is 7.58. The van der Waals surface area contributed by atoms with E-state index in [0.717, 1.165) is 29.5 Å². The highest BCUT2D eigenvalue weighted by Gasteiger charge is 2.08. The lowest BCUT2D eigenvalue weighted by molar-refractivity contribution is 0.588. The van der Waals surface area contributed by atoms with Crippen molar-refractivity contribution in [1.82, 2.24) is 10.2 Å². The summed E-state index contributed by atoms with van der Waals surface area (Å²) in [5.74, 6) is -0.922. The van der Waals surface area contributed by atoms with Crippen LogP contribution in [-0.2, 0) is 6.42 Å². The number of rotatable bonds is 2. The summed E-state index contributed by atoms with van der Waals surface area (Å²) in [7, 11) is 0. The third-order valence-electron chi connectivity index (χ3n) is 1.83. The minimum Gasteiger partial charge on any atom is -0.374 e. The van der Waals surface area contributed by atoms with Crippen LogP contribution in [0.25, 0.3) is 0 Å². The minimum absolute atomic E-state index is 0.207. The van der Waals surface area contributed by atoms with E-state index in [1.54, 1.807) is 0 Å². The van der Waals surface area contributed by atoms with Crippen LogP contribution in [0.4, 0.5) is 13.9 Å². The van der Waals surface area contributed by atoms with Crippen molar-refractivity contribution >= 4 is 16.5 Å². The van der Waals surface area contributed by atoms with Gasteiger partial charge in [0.1, 0.15) is 16.6 Å². The summed E-state index contributed by atoms with van der Waals surface area (Å²) in [5, 5.41) is 8.22. The number of nitrogens with zero attached hydrogens (tertiary/aromatic N) is 2. The maximum atomic E-state index is 13.2. The van der Waals surface area contributed by atoms with Gasteiger partial charge < -0.3 is 5.73 Å². The van der Waals surface area contributed by atoms with Crippen LogP contribution in [-0.4, -0.2) is 10.2 Å². The fraction of sp³-hybridized carbons (Fsp3) is 0.111. The standard InChI is InChI=1S/C9H7F2N3S/c10-6-1-2-7(11)5(3-6)4-8-13-14-9(12)15-8/h1-3H,4H2,(H2,12,14). The molecule has 6 heteroatoms. The van der Waals surface area contributed by atoms with Gasteiger partial charge >= 0.3 is 0 Å². The molecule has 0 radical (unpaired) electrons. The molecule has 0 amide bonds. The summed E-state index contributed by atoms with van der Waals surface area (Å²) in [6.45, 7) is 0. The number of nitrogen functional groups attached to an aromatic ring is 1. The van der Waals surface area contributed by atoms with E-state index in [-0.39, 0.29) is 12.0 Å². The van der Waals surface area contributed by atoms with Crippen LogP contribution in [0.5, 0.6) is 0 Å². The first-order valence-corrected chi connectivity index (χ1v) is 4.98. The van der Waals surface area contributed by atoms with Crippen LogP contribution in [0.15, 0.2) is 18.2 Å². The van der Waals surface area contributed by atoms with Crippen LogP contribution < -0.4 is 5.73 Å². The molecule has 2 N–H and O–H groups in total. The summed E-state index contributed by atoms with van der Waals surface area (Å²) >= 11 is 1.16. The van der Waals surface area contributed by atoms with Gasteiger partial charge in [0.2, 0.25) is 5.13 Å². The summed E-state index contributed by atoms with van der Waals surface area (Å²) in [6, 6.07) is 3.31. The Morgan fingerprint density at radius 1 is 1.27 bits per heavy atom. The van der Waals surface area contributed by atoms with Gasteiger partial charge in [-0.25, -0.2) is 8.78 Å². The van der Waals surface area contributed by atoms with E-state index >= 15 is 0 Å². The molecule has 2 aromatic rings. The summed E-state index contributed by atoms with van der Waals surface area (Å²) in [5.41, 5.74) is 5.63. The molecule has 0 spiro atoms. The molecule has 3 nitrogen and oxygen atoms in total. The fourth-order valence-electron chi connectivity index (χ4n) is 1.18. The molecule has 2 rings (SSSR count). The van der Waals surface area contributed by atoms with Gasteiger partial charge in [-0.15, -0.1) is 10.2 Å². The predicted octanol–water partition coefficient (Wildman–Crippen LogP) is 1.99. The number of anilines is 1. The van der Waals surface area contributed by atoms with Crippen molar-refractivity contribution in [3.8, 4) is 0 Å². The third kappa shape index (κ3) is 2.27. The smallest absolute Gasteiger partial charge is 0.203 e. The highest BCUT2D eigenvalue weighted by molar-refractivity contribution is 7.15. The monoisotopic (exact) mass is 227 g/mol. The van der Waals surface area contributed by atoms with Crippen LogP contribution >= 0.6 is 11.3 Å². The zero-order valence-corrected chi connectivity index (χ0v) is 8.39. The quantitative estimate of drug-likeness (QED) is 0.853. The van der Waals surface area contributed by atoms with E-state index in [9.17, 15) is 8.78 Å². The molecule has 0 bridgehead atoms. The molecule has 0 unspecified atom stereocenters. The van der Waals surface area contributed by atoms with Crippen molar-refractivity contribution in [2.24, 2.45) is 0 Å². The minimum atomic E-state index is -0.469. The molecule has 0 aliphatic heterocycles. The average Bonchev–Trinajstić information content (AvgIpc) is 2.58. The molecular weight excluding hydrogens is 220 g/mol. The first kappa shape index (κ1) is 9.97. The lowest BCUT2D eigenvalue weighted by Crippen LogP contribution is -1.93. The molecule has 0 saturated carbocycles. The summed E-state index contributed by atoms with van der Waals surface area (Å²) < 4.78 is 26.1. The Hall–Kier alpha value is -1.56. The van der Waals surface area contributed by atoms with E-state index in [1.807, 2.05) is 0 Å². The van der Waals surface area contributed by atoms with E-state index in [0.29, 0.717) is 10.1 Å². The Morgan fingerprint density at radius 2 is 2.07 bits per heavy atom. The Balaban J connectivity index is 2.27. The van der Waals surface area contributed by atoms with Crippen molar-refractivity contribution in [3.05, 3.63) is 40.4 Å². The normalized spacial score (nSPS) is 10.5. The number of hydrogen-bond donors (Lipinski definition) is 1. The topological polar surface area (TPSA) is 51.8 Å². The average molecular weight is 227 g/mol. The first-order valence-electron chi connectivity index (χ1n) is 4.17. The van der Waals surface area contributed by atoms with E-state index in [4.69, 9.17) is 5.73 Å². The van der Waals surface area contributed by atoms with Gasteiger partial charge in [0.05, 0.1) is 0 Å². The van der Waals surface area contributed by atoms with Crippen LogP contribution in [0.1, 0.15) is 10.6 Å². The molecule has 0 fully saturated rings.